The Morgan fingerprint density at radius 2 is 1.73 bits per heavy atom. The fourth-order valence-corrected chi connectivity index (χ4v) is 3.64. The van der Waals surface area contributed by atoms with Gasteiger partial charge in [0, 0.05) is 11.6 Å². The Labute approximate surface area is 179 Å². The Kier molecular flexibility index (Phi) is 6.74. The van der Waals surface area contributed by atoms with E-state index in [1.54, 1.807) is 18.2 Å². The number of hydrogen-bond acceptors (Lipinski definition) is 6. The molecule has 3 rings (SSSR count). The van der Waals surface area contributed by atoms with Crippen LogP contribution in [0.4, 0.5) is 5.69 Å². The molecular weight excluding hydrogens is 402 g/mol. The summed E-state index contributed by atoms with van der Waals surface area (Å²) in [4.78, 5) is 25.8. The third-order valence-electron chi connectivity index (χ3n) is 4.53. The molecule has 0 saturated carbocycles. The molecule has 1 atom stereocenters. The van der Waals surface area contributed by atoms with E-state index in [9.17, 15) is 9.59 Å². The van der Waals surface area contributed by atoms with Gasteiger partial charge in [-0.3, -0.25) is 4.79 Å². The predicted molar refractivity (Wildman–Crippen MR) is 118 cm³/mol. The summed E-state index contributed by atoms with van der Waals surface area (Å²) < 4.78 is 15.9. The van der Waals surface area contributed by atoms with Gasteiger partial charge in [0.25, 0.3) is 5.91 Å². The number of ether oxygens (including phenoxy) is 3. The molecule has 0 aliphatic carbocycles. The van der Waals surface area contributed by atoms with Crippen LogP contribution in [0.1, 0.15) is 22.2 Å². The molecule has 0 aliphatic heterocycles. The number of anilines is 1. The van der Waals surface area contributed by atoms with Gasteiger partial charge in [-0.05, 0) is 43.0 Å². The number of carbonyl (C=O) groups is 2. The molecule has 0 aliphatic rings. The number of nitrogens with one attached hydrogen (secondary N) is 1. The summed E-state index contributed by atoms with van der Waals surface area (Å²) in [5.74, 6) is 0.0313. The monoisotopic (exact) mass is 425 g/mol. The largest absolute Gasteiger partial charge is 0.497 e. The zero-order valence-electron chi connectivity index (χ0n) is 17.2. The Hall–Kier alpha value is -3.32. The molecule has 0 bridgehead atoms. The zero-order chi connectivity index (χ0) is 21.7. The van der Waals surface area contributed by atoms with Crippen LogP contribution in [0.25, 0.3) is 11.1 Å². The van der Waals surface area contributed by atoms with E-state index < -0.39 is 18.0 Å². The average Bonchev–Trinajstić information content (AvgIpc) is 3.24. The lowest BCUT2D eigenvalue weighted by atomic mass is 10.1. The molecule has 1 N–H and O–H groups in total. The van der Waals surface area contributed by atoms with Crippen molar-refractivity contribution in [2.24, 2.45) is 0 Å². The predicted octanol–water partition coefficient (Wildman–Crippen LogP) is 4.92. The summed E-state index contributed by atoms with van der Waals surface area (Å²) in [7, 11) is 3.04. The normalized spacial score (nSPS) is 11.5. The van der Waals surface area contributed by atoms with E-state index in [1.807, 2.05) is 42.6 Å². The van der Waals surface area contributed by atoms with Crippen LogP contribution >= 0.6 is 11.3 Å². The summed E-state index contributed by atoms with van der Waals surface area (Å²) in [5.41, 5.74) is 3.27. The van der Waals surface area contributed by atoms with Crippen molar-refractivity contribution in [3.63, 3.8) is 0 Å². The highest BCUT2D eigenvalue weighted by Crippen LogP contribution is 2.31. The van der Waals surface area contributed by atoms with E-state index in [1.165, 1.54) is 32.5 Å². The standard InChI is InChI=1S/C23H23NO5S/c1-14-5-7-16(8-6-14)18-11-12-30-21(18)23(26)29-15(2)22(25)24-19-13-17(27-3)9-10-20(19)28-4/h5-13,15H,1-4H3,(H,24,25). The Morgan fingerprint density at radius 3 is 2.40 bits per heavy atom. The number of esters is 1. The highest BCUT2D eigenvalue weighted by Gasteiger charge is 2.23. The number of rotatable bonds is 7. The zero-order valence-corrected chi connectivity index (χ0v) is 18.0. The quantitative estimate of drug-likeness (QED) is 0.544. The molecule has 30 heavy (non-hydrogen) atoms. The number of carbonyl (C=O) groups excluding carboxylic acids is 2. The Bertz CT molecular complexity index is 1040. The van der Waals surface area contributed by atoms with Gasteiger partial charge in [0.05, 0.1) is 19.9 Å². The van der Waals surface area contributed by atoms with Crippen molar-refractivity contribution in [1.82, 2.24) is 0 Å². The minimum absolute atomic E-state index is 0.432. The van der Waals surface area contributed by atoms with Crippen molar-refractivity contribution in [2.75, 3.05) is 19.5 Å². The number of methoxy groups -OCH3 is 2. The molecule has 3 aromatic rings. The minimum atomic E-state index is -0.999. The lowest BCUT2D eigenvalue weighted by molar-refractivity contribution is -0.123. The molecule has 7 heteroatoms. The van der Waals surface area contributed by atoms with E-state index in [-0.39, 0.29) is 0 Å². The third kappa shape index (κ3) is 4.80. The van der Waals surface area contributed by atoms with Crippen molar-refractivity contribution >= 4 is 28.9 Å². The van der Waals surface area contributed by atoms with Crippen LogP contribution in [0.5, 0.6) is 11.5 Å². The fraction of sp³-hybridized carbons (Fsp3) is 0.217. The van der Waals surface area contributed by atoms with Gasteiger partial charge in [0.2, 0.25) is 0 Å². The topological polar surface area (TPSA) is 73.9 Å². The van der Waals surface area contributed by atoms with Crippen molar-refractivity contribution in [2.45, 2.75) is 20.0 Å². The van der Waals surface area contributed by atoms with Crippen molar-refractivity contribution in [1.29, 1.82) is 0 Å². The van der Waals surface area contributed by atoms with E-state index >= 15 is 0 Å². The first-order valence-electron chi connectivity index (χ1n) is 9.31. The van der Waals surface area contributed by atoms with E-state index in [2.05, 4.69) is 5.32 Å². The van der Waals surface area contributed by atoms with E-state index in [0.717, 1.165) is 16.7 Å². The Balaban J connectivity index is 1.72. The summed E-state index contributed by atoms with van der Waals surface area (Å²) in [6.45, 7) is 3.53. The molecule has 0 spiro atoms. The summed E-state index contributed by atoms with van der Waals surface area (Å²) in [6, 6.07) is 14.8. The molecule has 1 aromatic heterocycles. The van der Waals surface area contributed by atoms with Gasteiger partial charge in [-0.2, -0.15) is 0 Å². The second kappa shape index (κ2) is 9.45. The van der Waals surface area contributed by atoms with Crippen molar-refractivity contribution in [3.05, 3.63) is 64.4 Å². The van der Waals surface area contributed by atoms with Gasteiger partial charge in [-0.25, -0.2) is 4.79 Å². The third-order valence-corrected chi connectivity index (χ3v) is 5.43. The van der Waals surface area contributed by atoms with Gasteiger partial charge >= 0.3 is 5.97 Å². The molecular formula is C23H23NO5S. The van der Waals surface area contributed by atoms with E-state index in [4.69, 9.17) is 14.2 Å². The van der Waals surface area contributed by atoms with E-state index in [0.29, 0.717) is 22.1 Å². The molecule has 0 radical (unpaired) electrons. The van der Waals surface area contributed by atoms with Crippen molar-refractivity contribution < 1.29 is 23.8 Å². The van der Waals surface area contributed by atoms with Gasteiger partial charge in [0.15, 0.2) is 6.10 Å². The first-order chi connectivity index (χ1) is 14.4. The first kappa shape index (κ1) is 21.4. The van der Waals surface area contributed by atoms with Crippen LogP contribution in [-0.4, -0.2) is 32.2 Å². The molecule has 2 aromatic carbocycles. The van der Waals surface area contributed by atoms with Gasteiger partial charge in [-0.15, -0.1) is 11.3 Å². The number of thiophene rings is 1. The Morgan fingerprint density at radius 1 is 1.00 bits per heavy atom. The smallest absolute Gasteiger partial charge is 0.349 e. The molecule has 6 nitrogen and oxygen atoms in total. The van der Waals surface area contributed by atoms with Crippen LogP contribution in [0, 0.1) is 6.92 Å². The maximum absolute atomic E-state index is 12.7. The lowest BCUT2D eigenvalue weighted by Gasteiger charge is -2.16. The summed E-state index contributed by atoms with van der Waals surface area (Å²) in [6.07, 6.45) is -0.999. The number of amides is 1. The SMILES string of the molecule is COc1ccc(OC)c(NC(=O)C(C)OC(=O)c2sccc2-c2ccc(C)cc2)c1. The summed E-state index contributed by atoms with van der Waals surface area (Å²) >= 11 is 1.28. The maximum atomic E-state index is 12.7. The first-order valence-corrected chi connectivity index (χ1v) is 10.2. The second-order valence-corrected chi connectivity index (χ2v) is 7.55. The maximum Gasteiger partial charge on any atom is 0.349 e. The van der Waals surface area contributed by atoms with Crippen molar-refractivity contribution in [3.8, 4) is 22.6 Å². The van der Waals surface area contributed by atoms with Gasteiger partial charge in [0.1, 0.15) is 16.4 Å². The molecule has 0 fully saturated rings. The highest BCUT2D eigenvalue weighted by atomic mass is 32.1. The van der Waals surface area contributed by atoms with Crippen LogP contribution in [0.2, 0.25) is 0 Å². The van der Waals surface area contributed by atoms with Crippen LogP contribution in [0.3, 0.4) is 0 Å². The second-order valence-electron chi connectivity index (χ2n) is 6.63. The average molecular weight is 426 g/mol. The van der Waals surface area contributed by atoms with Gasteiger partial charge < -0.3 is 19.5 Å². The minimum Gasteiger partial charge on any atom is -0.497 e. The molecule has 1 heterocycles. The number of benzene rings is 2. The molecule has 1 amide bonds. The fourth-order valence-electron chi connectivity index (χ4n) is 2.84. The molecule has 0 saturated heterocycles. The van der Waals surface area contributed by atoms with Crippen LogP contribution < -0.4 is 14.8 Å². The number of aryl methyl sites for hydroxylation is 1. The van der Waals surface area contributed by atoms with Gasteiger partial charge in [-0.1, -0.05) is 29.8 Å². The summed E-state index contributed by atoms with van der Waals surface area (Å²) in [5, 5.41) is 4.55. The molecule has 1 unspecified atom stereocenters. The van der Waals surface area contributed by atoms with Crippen LogP contribution in [-0.2, 0) is 9.53 Å². The highest BCUT2D eigenvalue weighted by molar-refractivity contribution is 7.12. The van der Waals surface area contributed by atoms with Crippen LogP contribution in [0.15, 0.2) is 53.9 Å². The number of hydrogen-bond donors (Lipinski definition) is 1. The molecule has 156 valence electrons. The lowest BCUT2D eigenvalue weighted by Crippen LogP contribution is -2.30.